The molecular weight excluding hydrogens is 616 g/mol. The molecule has 1 aliphatic rings. The third kappa shape index (κ3) is 10.9. The number of amides is 1. The molecule has 1 amide bonds. The Morgan fingerprint density at radius 2 is 1.44 bits per heavy atom. The van der Waals surface area contributed by atoms with Crippen molar-refractivity contribution in [2.45, 2.75) is 51.7 Å². The Bertz CT molecular complexity index is 1380. The molecule has 0 aromatic carbocycles. The van der Waals surface area contributed by atoms with Gasteiger partial charge in [0.25, 0.3) is 0 Å². The minimum absolute atomic E-state index is 0.0232. The highest BCUT2D eigenvalue weighted by Crippen LogP contribution is 2.27. The van der Waals surface area contributed by atoms with Crippen LogP contribution in [0.5, 0.6) is 0 Å². The highest BCUT2D eigenvalue weighted by atomic mass is 32.2. The van der Waals surface area contributed by atoms with Crippen molar-refractivity contribution in [3.8, 4) is 0 Å². The largest absolute Gasteiger partial charge is 0.519 e. The Morgan fingerprint density at radius 1 is 0.884 bits per heavy atom. The highest BCUT2D eigenvalue weighted by molar-refractivity contribution is 8.15. The highest BCUT2D eigenvalue weighted by Gasteiger charge is 2.36. The average Bonchev–Trinajstić information content (AvgIpc) is 3.45. The summed E-state index contributed by atoms with van der Waals surface area (Å²) in [6.07, 6.45) is 0. The van der Waals surface area contributed by atoms with Gasteiger partial charge in [-0.1, -0.05) is 0 Å². The lowest BCUT2D eigenvalue weighted by Crippen LogP contribution is -2.50. The molecule has 18 heteroatoms. The van der Waals surface area contributed by atoms with Gasteiger partial charge in [0.15, 0.2) is 36.3 Å². The van der Waals surface area contributed by atoms with Gasteiger partial charge in [-0.3, -0.25) is 9.69 Å². The van der Waals surface area contributed by atoms with Gasteiger partial charge in [-0.25, -0.2) is 24.0 Å². The standard InChI is InChI=1S/C25H32N2O14S2/c1-14-17(40-21(30)38-14)11-36-23(32)42-13-16(19(28)35-10-7-27-5-8-34-9-6-27)26-20(29)25(3,4)43-24(33)37-12-18-15(2)39-22(31)41-18/h16H,5-13H2,1-4H3,(H,26,29)/t16-/m0/s1. The van der Waals surface area contributed by atoms with E-state index in [0.717, 1.165) is 0 Å². The maximum atomic E-state index is 13.1. The first kappa shape index (κ1) is 34.0. The molecule has 1 aliphatic heterocycles. The molecule has 0 saturated carbocycles. The molecule has 16 nitrogen and oxygen atoms in total. The Labute approximate surface area is 253 Å². The molecule has 43 heavy (non-hydrogen) atoms. The average molecular weight is 649 g/mol. The van der Waals surface area contributed by atoms with Crippen molar-refractivity contribution in [2.75, 3.05) is 45.2 Å². The summed E-state index contributed by atoms with van der Waals surface area (Å²) in [4.78, 5) is 75.2. The zero-order chi connectivity index (χ0) is 31.6. The van der Waals surface area contributed by atoms with Gasteiger partial charge in [-0.05, 0) is 51.2 Å². The van der Waals surface area contributed by atoms with Gasteiger partial charge in [0.2, 0.25) is 5.91 Å². The molecule has 0 radical (unpaired) electrons. The van der Waals surface area contributed by atoms with Crippen molar-refractivity contribution in [1.29, 1.82) is 0 Å². The second-order valence-electron chi connectivity index (χ2n) is 9.52. The summed E-state index contributed by atoms with van der Waals surface area (Å²) in [5.41, 5.74) is 0. The van der Waals surface area contributed by atoms with Crippen LogP contribution >= 0.6 is 23.5 Å². The number of nitrogens with zero attached hydrogens (tertiary/aromatic N) is 1. The summed E-state index contributed by atoms with van der Waals surface area (Å²) >= 11 is 1.11. The van der Waals surface area contributed by atoms with Crippen LogP contribution in [0, 0.1) is 13.8 Å². The molecule has 0 bridgehead atoms. The molecule has 0 aliphatic carbocycles. The SMILES string of the molecule is Cc1oc(=O)oc1COC(=O)SC[C@H](NC(=O)C(C)(C)SC(=O)OCc1oc(=O)oc1C)C(=O)OCCN1CCOCC1. The van der Waals surface area contributed by atoms with Crippen LogP contribution < -0.4 is 17.0 Å². The number of morpholine rings is 1. The normalized spacial score (nSPS) is 14.6. The van der Waals surface area contributed by atoms with Gasteiger partial charge in [-0.2, -0.15) is 0 Å². The van der Waals surface area contributed by atoms with E-state index >= 15 is 0 Å². The zero-order valence-corrected chi connectivity index (χ0v) is 25.6. The van der Waals surface area contributed by atoms with Gasteiger partial charge < -0.3 is 41.9 Å². The van der Waals surface area contributed by atoms with Crippen molar-refractivity contribution in [3.05, 3.63) is 44.3 Å². The molecule has 0 unspecified atom stereocenters. The van der Waals surface area contributed by atoms with Gasteiger partial charge in [0.05, 0.1) is 18.0 Å². The molecule has 2 aromatic rings. The lowest BCUT2D eigenvalue weighted by atomic mass is 10.2. The molecule has 1 saturated heterocycles. The fourth-order valence-electron chi connectivity index (χ4n) is 3.44. The summed E-state index contributed by atoms with van der Waals surface area (Å²) in [6, 6.07) is -1.29. The maximum absolute atomic E-state index is 13.1. The summed E-state index contributed by atoms with van der Waals surface area (Å²) in [6.45, 7) is 8.01. The second kappa shape index (κ2) is 15.8. The summed E-state index contributed by atoms with van der Waals surface area (Å²) < 4.78 is 38.3. The first-order valence-corrected chi connectivity index (χ1v) is 14.8. The predicted octanol–water partition coefficient (Wildman–Crippen LogP) is 1.97. The number of rotatable bonds is 13. The Kier molecular flexibility index (Phi) is 12.5. The number of ether oxygens (including phenoxy) is 4. The number of esters is 1. The van der Waals surface area contributed by atoms with Gasteiger partial charge in [0.1, 0.15) is 12.6 Å². The maximum Gasteiger partial charge on any atom is 0.519 e. The van der Waals surface area contributed by atoms with E-state index in [0.29, 0.717) is 56.4 Å². The number of nitrogens with one attached hydrogen (secondary N) is 1. The molecule has 1 fully saturated rings. The second-order valence-corrected chi connectivity index (χ2v) is 12.0. The lowest BCUT2D eigenvalue weighted by Gasteiger charge is -2.27. The molecule has 2 aromatic heterocycles. The van der Waals surface area contributed by atoms with E-state index in [1.165, 1.54) is 27.7 Å². The van der Waals surface area contributed by atoms with Crippen molar-refractivity contribution >= 4 is 46.0 Å². The number of thioether (sulfide) groups is 2. The van der Waals surface area contributed by atoms with Crippen LogP contribution in [0.1, 0.15) is 36.9 Å². The molecule has 1 N–H and O–H groups in total. The molecule has 1 atom stereocenters. The van der Waals surface area contributed by atoms with Crippen LogP contribution in [0.15, 0.2) is 27.3 Å². The summed E-state index contributed by atoms with van der Waals surface area (Å²) in [5.74, 6) is -3.31. The first-order chi connectivity index (χ1) is 20.3. The minimum Gasteiger partial charge on any atom is -0.463 e. The van der Waals surface area contributed by atoms with Crippen LogP contribution in [-0.2, 0) is 41.8 Å². The Hall–Kier alpha value is -3.48. The number of aryl methyl sites for hydroxylation is 2. The number of carbonyl (C=O) groups is 4. The minimum atomic E-state index is -1.43. The van der Waals surface area contributed by atoms with Crippen molar-refractivity contribution in [3.63, 3.8) is 0 Å². The van der Waals surface area contributed by atoms with Crippen molar-refractivity contribution in [2.24, 2.45) is 0 Å². The zero-order valence-electron chi connectivity index (χ0n) is 23.9. The molecule has 238 valence electrons. The van der Waals surface area contributed by atoms with Crippen LogP contribution in [0.4, 0.5) is 9.59 Å². The van der Waals surface area contributed by atoms with E-state index in [1.807, 2.05) is 4.90 Å². The lowest BCUT2D eigenvalue weighted by molar-refractivity contribution is -0.148. The van der Waals surface area contributed by atoms with Crippen LogP contribution in [0.25, 0.3) is 0 Å². The smallest absolute Gasteiger partial charge is 0.463 e. The first-order valence-electron chi connectivity index (χ1n) is 13.0. The summed E-state index contributed by atoms with van der Waals surface area (Å²) in [5, 5.41) is 0.853. The molecule has 3 heterocycles. The number of hydrogen-bond acceptors (Lipinski definition) is 17. The summed E-state index contributed by atoms with van der Waals surface area (Å²) in [7, 11) is 0. The monoisotopic (exact) mass is 648 g/mol. The van der Waals surface area contributed by atoms with Gasteiger partial charge in [-0.15, -0.1) is 0 Å². The third-order valence-corrected chi connectivity index (χ3v) is 7.75. The third-order valence-electron chi connectivity index (χ3n) is 5.91. The molecule has 3 rings (SSSR count). The van der Waals surface area contributed by atoms with E-state index < -0.39 is 44.9 Å². The van der Waals surface area contributed by atoms with E-state index in [9.17, 15) is 28.8 Å². The fourth-order valence-corrected chi connectivity index (χ4v) is 4.79. The Balaban J connectivity index is 1.56. The quantitative estimate of drug-likeness (QED) is 0.243. The van der Waals surface area contributed by atoms with Crippen LogP contribution in [0.2, 0.25) is 0 Å². The Morgan fingerprint density at radius 3 is 1.98 bits per heavy atom. The van der Waals surface area contributed by atoms with Gasteiger partial charge >= 0.3 is 28.2 Å². The van der Waals surface area contributed by atoms with Crippen LogP contribution in [0.3, 0.4) is 0 Å². The number of carbonyl (C=O) groups excluding carboxylic acids is 4. The van der Waals surface area contributed by atoms with E-state index in [4.69, 9.17) is 36.6 Å². The van der Waals surface area contributed by atoms with E-state index in [2.05, 4.69) is 5.32 Å². The molecular formula is C25H32N2O14S2. The van der Waals surface area contributed by atoms with Crippen molar-refractivity contribution < 1.29 is 55.8 Å². The topological polar surface area (TPSA) is 207 Å². The fraction of sp³-hybridized carbons (Fsp3) is 0.600. The number of hydrogen-bond donors (Lipinski definition) is 1. The predicted molar refractivity (Wildman–Crippen MR) is 149 cm³/mol. The van der Waals surface area contributed by atoms with Crippen molar-refractivity contribution in [1.82, 2.24) is 10.2 Å². The molecule has 0 spiro atoms. The van der Waals surface area contributed by atoms with Crippen LogP contribution in [-0.4, -0.2) is 83.4 Å². The van der Waals surface area contributed by atoms with E-state index in [1.54, 1.807) is 0 Å². The van der Waals surface area contributed by atoms with E-state index in [-0.39, 0.29) is 48.6 Å². The van der Waals surface area contributed by atoms with Gasteiger partial charge in [0, 0.05) is 25.4 Å².